The van der Waals surface area contributed by atoms with Gasteiger partial charge < -0.3 is 20.7 Å². The second-order valence-corrected chi connectivity index (χ2v) is 7.41. The quantitative estimate of drug-likeness (QED) is 0.649. The van der Waals surface area contributed by atoms with Crippen LogP contribution in [-0.2, 0) is 6.42 Å². The van der Waals surface area contributed by atoms with Crippen LogP contribution in [0.25, 0.3) is 10.9 Å². The molecular weight excluding hydrogens is 314 g/mol. The van der Waals surface area contributed by atoms with Crippen LogP contribution in [0.2, 0.25) is 0 Å². The number of carbonyl (C=O) groups excluding carboxylic acids is 1. The van der Waals surface area contributed by atoms with Crippen molar-refractivity contribution in [1.82, 2.24) is 15.6 Å². The van der Waals surface area contributed by atoms with Crippen molar-refractivity contribution in [2.24, 2.45) is 5.92 Å². The van der Waals surface area contributed by atoms with Crippen LogP contribution in [0.5, 0.6) is 0 Å². The Balaban J connectivity index is 1.42. The van der Waals surface area contributed by atoms with Crippen LogP contribution in [-0.4, -0.2) is 34.8 Å². The summed E-state index contributed by atoms with van der Waals surface area (Å²) in [4.78, 5) is 15.3. The lowest BCUT2D eigenvalue weighted by Crippen LogP contribution is -2.49. The van der Waals surface area contributed by atoms with Gasteiger partial charge in [0, 0.05) is 30.2 Å². The lowest BCUT2D eigenvalue weighted by Gasteiger charge is -2.35. The predicted molar refractivity (Wildman–Crippen MR) is 101 cm³/mol. The summed E-state index contributed by atoms with van der Waals surface area (Å²) < 4.78 is 0. The minimum absolute atomic E-state index is 0.212. The van der Waals surface area contributed by atoms with Crippen molar-refractivity contribution >= 4 is 16.9 Å². The first kappa shape index (κ1) is 17.8. The first-order valence-electron chi connectivity index (χ1n) is 9.35. The first-order chi connectivity index (χ1) is 12.1. The Hall–Kier alpha value is -2.01. The molecule has 1 aliphatic rings. The molecule has 1 aromatic heterocycles. The number of fused-ring (bicyclic) bond motifs is 1. The summed E-state index contributed by atoms with van der Waals surface area (Å²) >= 11 is 0. The number of hydrogen-bond donors (Lipinski definition) is 4. The van der Waals surface area contributed by atoms with Gasteiger partial charge in [-0.15, -0.1) is 0 Å². The van der Waals surface area contributed by atoms with Crippen LogP contribution >= 0.6 is 0 Å². The molecule has 4 N–H and O–H groups in total. The standard InChI is InChI=1S/C20H29N3O2/c1-20(25,16-7-3-2-4-8-16)14-23-19(24)21-12-11-15-13-22-18-10-6-5-9-17(15)18/h5-6,9-10,13,16,22,25H,2-4,7-8,11-12,14H2,1H3,(H2,21,23,24)/t20-/m1/s1. The molecule has 1 aliphatic carbocycles. The molecule has 136 valence electrons. The fraction of sp³-hybridized carbons (Fsp3) is 0.550. The Morgan fingerprint density at radius 3 is 2.80 bits per heavy atom. The van der Waals surface area contributed by atoms with Crippen LogP contribution in [0.1, 0.15) is 44.6 Å². The molecule has 2 amide bonds. The Labute approximate surface area is 149 Å². The highest BCUT2D eigenvalue weighted by Crippen LogP contribution is 2.32. The van der Waals surface area contributed by atoms with E-state index in [1.807, 2.05) is 31.3 Å². The Morgan fingerprint density at radius 1 is 1.24 bits per heavy atom. The maximum atomic E-state index is 12.0. The van der Waals surface area contributed by atoms with Gasteiger partial charge in [-0.25, -0.2) is 4.79 Å². The third-order valence-corrected chi connectivity index (χ3v) is 5.45. The van der Waals surface area contributed by atoms with Gasteiger partial charge >= 0.3 is 6.03 Å². The molecule has 5 nitrogen and oxygen atoms in total. The average Bonchev–Trinajstić information content (AvgIpc) is 3.04. The van der Waals surface area contributed by atoms with Crippen molar-refractivity contribution in [3.8, 4) is 0 Å². The first-order valence-corrected chi connectivity index (χ1v) is 9.35. The predicted octanol–water partition coefficient (Wildman–Crippen LogP) is 3.34. The zero-order valence-corrected chi connectivity index (χ0v) is 15.0. The van der Waals surface area contributed by atoms with Gasteiger partial charge in [0.2, 0.25) is 0 Å². The molecule has 5 heteroatoms. The third kappa shape index (κ3) is 4.54. The number of hydrogen-bond acceptors (Lipinski definition) is 2. The number of aliphatic hydroxyl groups is 1. The second kappa shape index (κ2) is 7.91. The summed E-state index contributed by atoms with van der Waals surface area (Å²) in [6.45, 7) is 2.71. The molecule has 2 aromatic rings. The fourth-order valence-electron chi connectivity index (χ4n) is 3.84. The van der Waals surface area contributed by atoms with Crippen molar-refractivity contribution in [2.75, 3.05) is 13.1 Å². The Kier molecular flexibility index (Phi) is 5.63. The molecular formula is C20H29N3O2. The van der Waals surface area contributed by atoms with E-state index in [2.05, 4.69) is 21.7 Å². The number of rotatable bonds is 6. The number of carbonyl (C=O) groups is 1. The third-order valence-electron chi connectivity index (χ3n) is 5.45. The number of aromatic nitrogens is 1. The van der Waals surface area contributed by atoms with Crippen LogP contribution < -0.4 is 10.6 Å². The Bertz CT molecular complexity index is 702. The summed E-state index contributed by atoms with van der Waals surface area (Å²) in [5.74, 6) is 0.285. The van der Waals surface area contributed by atoms with Gasteiger partial charge in [-0.2, -0.15) is 0 Å². The highest BCUT2D eigenvalue weighted by atomic mass is 16.3. The summed E-state index contributed by atoms with van der Waals surface area (Å²) in [6, 6.07) is 7.95. The minimum Gasteiger partial charge on any atom is -0.388 e. The van der Waals surface area contributed by atoms with Crippen LogP contribution in [0.15, 0.2) is 30.5 Å². The van der Waals surface area contributed by atoms with Gasteiger partial charge in [-0.05, 0) is 43.7 Å². The fourth-order valence-corrected chi connectivity index (χ4v) is 3.84. The maximum absolute atomic E-state index is 12.0. The number of aromatic amines is 1. The second-order valence-electron chi connectivity index (χ2n) is 7.41. The lowest BCUT2D eigenvalue weighted by atomic mass is 9.78. The number of H-pyrrole nitrogens is 1. The molecule has 0 saturated heterocycles. The number of benzene rings is 1. The lowest BCUT2D eigenvalue weighted by molar-refractivity contribution is -0.0130. The van der Waals surface area contributed by atoms with E-state index in [1.165, 1.54) is 30.2 Å². The van der Waals surface area contributed by atoms with E-state index in [0.29, 0.717) is 13.1 Å². The monoisotopic (exact) mass is 343 g/mol. The molecule has 1 saturated carbocycles. The topological polar surface area (TPSA) is 77.2 Å². The van der Waals surface area contributed by atoms with Gasteiger partial charge in [0.05, 0.1) is 5.60 Å². The molecule has 0 spiro atoms. The highest BCUT2D eigenvalue weighted by Gasteiger charge is 2.32. The van der Waals surface area contributed by atoms with E-state index in [4.69, 9.17) is 0 Å². The van der Waals surface area contributed by atoms with Crippen LogP contribution in [0.3, 0.4) is 0 Å². The zero-order chi connectivity index (χ0) is 17.7. The number of amides is 2. The highest BCUT2D eigenvalue weighted by molar-refractivity contribution is 5.83. The van der Waals surface area contributed by atoms with Crippen molar-refractivity contribution < 1.29 is 9.90 Å². The van der Waals surface area contributed by atoms with Crippen molar-refractivity contribution in [3.05, 3.63) is 36.0 Å². The molecule has 0 bridgehead atoms. The largest absolute Gasteiger partial charge is 0.388 e. The molecule has 0 aliphatic heterocycles. The van der Waals surface area contributed by atoms with Gasteiger partial charge in [-0.3, -0.25) is 0 Å². The van der Waals surface area contributed by atoms with Gasteiger partial charge in [0.25, 0.3) is 0 Å². The van der Waals surface area contributed by atoms with Gasteiger partial charge in [0.1, 0.15) is 0 Å². The summed E-state index contributed by atoms with van der Waals surface area (Å²) in [7, 11) is 0. The summed E-state index contributed by atoms with van der Waals surface area (Å²) in [5, 5.41) is 17.6. The SMILES string of the molecule is C[C@@](O)(CNC(=O)NCCc1c[nH]c2ccccc12)C1CCCCC1. The molecule has 1 heterocycles. The molecule has 3 rings (SSSR count). The normalized spacial score (nSPS) is 18.0. The number of para-hydroxylation sites is 1. The van der Waals surface area contributed by atoms with Crippen molar-refractivity contribution in [2.45, 2.75) is 51.0 Å². The summed E-state index contributed by atoms with van der Waals surface area (Å²) in [5.41, 5.74) is 1.49. The van der Waals surface area contributed by atoms with Gasteiger partial charge in [-0.1, -0.05) is 37.5 Å². The molecule has 0 radical (unpaired) electrons. The molecule has 1 aromatic carbocycles. The van der Waals surface area contributed by atoms with Gasteiger partial charge in [0.15, 0.2) is 0 Å². The van der Waals surface area contributed by atoms with E-state index in [9.17, 15) is 9.90 Å². The van der Waals surface area contributed by atoms with E-state index in [1.54, 1.807) is 0 Å². The number of nitrogens with one attached hydrogen (secondary N) is 3. The minimum atomic E-state index is -0.825. The van der Waals surface area contributed by atoms with Crippen LogP contribution in [0.4, 0.5) is 4.79 Å². The number of urea groups is 1. The van der Waals surface area contributed by atoms with E-state index < -0.39 is 5.60 Å². The van der Waals surface area contributed by atoms with E-state index in [0.717, 1.165) is 24.8 Å². The molecule has 0 unspecified atom stereocenters. The summed E-state index contributed by atoms with van der Waals surface area (Å²) in [6.07, 6.45) is 8.49. The average molecular weight is 343 g/mol. The molecule has 25 heavy (non-hydrogen) atoms. The van der Waals surface area contributed by atoms with Crippen molar-refractivity contribution in [1.29, 1.82) is 0 Å². The smallest absolute Gasteiger partial charge is 0.314 e. The van der Waals surface area contributed by atoms with E-state index >= 15 is 0 Å². The van der Waals surface area contributed by atoms with E-state index in [-0.39, 0.29) is 11.9 Å². The Morgan fingerprint density at radius 2 is 2.00 bits per heavy atom. The molecule has 1 atom stereocenters. The maximum Gasteiger partial charge on any atom is 0.314 e. The van der Waals surface area contributed by atoms with Crippen molar-refractivity contribution in [3.63, 3.8) is 0 Å². The van der Waals surface area contributed by atoms with Crippen LogP contribution in [0, 0.1) is 5.92 Å². The zero-order valence-electron chi connectivity index (χ0n) is 15.0. The molecule has 1 fully saturated rings.